The van der Waals surface area contributed by atoms with Gasteiger partial charge in [0.25, 0.3) is 0 Å². The van der Waals surface area contributed by atoms with Crippen LogP contribution in [0.5, 0.6) is 0 Å². The highest BCUT2D eigenvalue weighted by Gasteiger charge is 2.35. The summed E-state index contributed by atoms with van der Waals surface area (Å²) in [4.78, 5) is 12.1. The molecule has 1 aromatic heterocycles. The number of esters is 1. The van der Waals surface area contributed by atoms with Crippen molar-refractivity contribution in [3.05, 3.63) is 13.6 Å². The lowest BCUT2D eigenvalue weighted by Crippen LogP contribution is -2.42. The molecule has 0 aliphatic carbocycles. The number of piperidine rings is 1. The van der Waals surface area contributed by atoms with Crippen molar-refractivity contribution in [1.82, 2.24) is 4.31 Å². The molecule has 0 saturated carbocycles. The summed E-state index contributed by atoms with van der Waals surface area (Å²) < 4.78 is 33.0. The van der Waals surface area contributed by atoms with Gasteiger partial charge in [0.15, 0.2) is 0 Å². The summed E-state index contributed by atoms with van der Waals surface area (Å²) in [5.74, 6) is -0.697. The molecular formula is C12H15Br2NO4S2. The van der Waals surface area contributed by atoms with E-state index in [1.54, 1.807) is 13.0 Å². The van der Waals surface area contributed by atoms with Crippen molar-refractivity contribution in [1.29, 1.82) is 0 Å². The SMILES string of the molecule is CCOC(=O)C1CCCN(S(=O)(=O)c2cc(Br)sc2Br)C1. The molecule has 2 heterocycles. The van der Waals surface area contributed by atoms with Crippen LogP contribution in [0.4, 0.5) is 0 Å². The normalized spacial score (nSPS) is 20.4. The molecule has 1 unspecified atom stereocenters. The van der Waals surface area contributed by atoms with E-state index in [4.69, 9.17) is 4.74 Å². The predicted octanol–water partition coefficient (Wildman–Crippen LogP) is 3.24. The van der Waals surface area contributed by atoms with Gasteiger partial charge in [0.1, 0.15) is 4.90 Å². The van der Waals surface area contributed by atoms with Gasteiger partial charge in [-0.15, -0.1) is 11.3 Å². The van der Waals surface area contributed by atoms with Crippen molar-refractivity contribution in [3.8, 4) is 0 Å². The molecule has 0 bridgehead atoms. The Kier molecular flexibility index (Phi) is 5.86. The molecule has 1 saturated heterocycles. The van der Waals surface area contributed by atoms with E-state index in [1.807, 2.05) is 0 Å². The summed E-state index contributed by atoms with van der Waals surface area (Å²) in [7, 11) is -3.59. The van der Waals surface area contributed by atoms with E-state index in [-0.39, 0.29) is 23.3 Å². The van der Waals surface area contributed by atoms with E-state index in [0.717, 1.165) is 3.79 Å². The fourth-order valence-electron chi connectivity index (χ4n) is 2.25. The third-order valence-corrected chi connectivity index (χ3v) is 7.87. The van der Waals surface area contributed by atoms with Crippen LogP contribution in [-0.2, 0) is 19.6 Å². The maximum atomic E-state index is 12.7. The zero-order valence-electron chi connectivity index (χ0n) is 11.3. The maximum Gasteiger partial charge on any atom is 0.310 e. The fraction of sp³-hybridized carbons (Fsp3) is 0.583. The van der Waals surface area contributed by atoms with Crippen LogP contribution in [-0.4, -0.2) is 38.4 Å². The van der Waals surface area contributed by atoms with Gasteiger partial charge in [0, 0.05) is 13.1 Å². The topological polar surface area (TPSA) is 63.7 Å². The number of hydrogen-bond acceptors (Lipinski definition) is 5. The van der Waals surface area contributed by atoms with Crippen molar-refractivity contribution >= 4 is 59.2 Å². The number of nitrogens with zero attached hydrogens (tertiary/aromatic N) is 1. The van der Waals surface area contributed by atoms with Crippen LogP contribution in [0.2, 0.25) is 0 Å². The highest BCUT2D eigenvalue weighted by molar-refractivity contribution is 9.12. The number of ether oxygens (including phenoxy) is 1. The summed E-state index contributed by atoms with van der Waals surface area (Å²) in [6, 6.07) is 1.58. The molecule has 1 aliphatic heterocycles. The summed E-state index contributed by atoms with van der Waals surface area (Å²) in [5.41, 5.74) is 0. The van der Waals surface area contributed by atoms with Crippen molar-refractivity contribution in [2.75, 3.05) is 19.7 Å². The Bertz CT molecular complexity index is 629. The second-order valence-corrected chi connectivity index (χ2v) is 10.3. The quantitative estimate of drug-likeness (QED) is 0.647. The van der Waals surface area contributed by atoms with Crippen molar-refractivity contribution in [3.63, 3.8) is 0 Å². The molecule has 1 atom stereocenters. The summed E-state index contributed by atoms with van der Waals surface area (Å²) >= 11 is 7.88. The Balaban J connectivity index is 2.20. The molecular weight excluding hydrogens is 446 g/mol. The highest BCUT2D eigenvalue weighted by Crippen LogP contribution is 2.37. The van der Waals surface area contributed by atoms with Gasteiger partial charge in [-0.1, -0.05) is 0 Å². The minimum atomic E-state index is -3.59. The van der Waals surface area contributed by atoms with Gasteiger partial charge < -0.3 is 4.74 Å². The van der Waals surface area contributed by atoms with Crippen molar-refractivity contribution in [2.24, 2.45) is 5.92 Å². The highest BCUT2D eigenvalue weighted by atomic mass is 79.9. The zero-order valence-corrected chi connectivity index (χ0v) is 16.1. The first-order valence-corrected chi connectivity index (χ1v) is 10.3. The van der Waals surface area contributed by atoms with E-state index in [2.05, 4.69) is 31.9 Å². The second kappa shape index (κ2) is 7.08. The Hall–Kier alpha value is 0.0400. The van der Waals surface area contributed by atoms with E-state index >= 15 is 0 Å². The van der Waals surface area contributed by atoms with Crippen LogP contribution in [0.15, 0.2) is 18.5 Å². The van der Waals surface area contributed by atoms with Gasteiger partial charge in [-0.2, -0.15) is 4.31 Å². The lowest BCUT2D eigenvalue weighted by atomic mass is 10.0. The monoisotopic (exact) mass is 459 g/mol. The molecule has 0 radical (unpaired) electrons. The van der Waals surface area contributed by atoms with Crippen LogP contribution in [0, 0.1) is 5.92 Å². The molecule has 5 nitrogen and oxygen atoms in total. The standard InChI is InChI=1S/C12H15Br2NO4S2/c1-2-19-12(16)8-4-3-5-15(7-8)21(17,18)9-6-10(13)20-11(9)14/h6,8H,2-5,7H2,1H3. The van der Waals surface area contributed by atoms with Crippen molar-refractivity contribution < 1.29 is 17.9 Å². The van der Waals surface area contributed by atoms with E-state index in [9.17, 15) is 13.2 Å². The molecule has 1 aromatic rings. The van der Waals surface area contributed by atoms with E-state index in [0.29, 0.717) is 29.8 Å². The molecule has 1 fully saturated rings. The Morgan fingerprint density at radius 1 is 1.52 bits per heavy atom. The number of hydrogen-bond donors (Lipinski definition) is 0. The Morgan fingerprint density at radius 2 is 2.24 bits per heavy atom. The van der Waals surface area contributed by atoms with Crippen LogP contribution in [0.25, 0.3) is 0 Å². The first kappa shape index (κ1) is 17.4. The summed E-state index contributed by atoms with van der Waals surface area (Å²) in [6.45, 7) is 2.67. The summed E-state index contributed by atoms with van der Waals surface area (Å²) in [6.07, 6.45) is 1.32. The molecule has 2 rings (SSSR count). The molecule has 0 N–H and O–H groups in total. The second-order valence-electron chi connectivity index (χ2n) is 4.64. The number of thiophene rings is 1. The Labute approximate surface area is 145 Å². The number of carbonyl (C=O) groups excluding carboxylic acids is 1. The van der Waals surface area contributed by atoms with Gasteiger partial charge >= 0.3 is 5.97 Å². The zero-order chi connectivity index (χ0) is 15.6. The first-order valence-electron chi connectivity index (χ1n) is 6.48. The van der Waals surface area contributed by atoms with Gasteiger partial charge in [-0.3, -0.25) is 4.79 Å². The smallest absolute Gasteiger partial charge is 0.310 e. The van der Waals surface area contributed by atoms with Gasteiger partial charge in [0.05, 0.1) is 20.1 Å². The minimum Gasteiger partial charge on any atom is -0.466 e. The number of rotatable bonds is 4. The third kappa shape index (κ3) is 3.87. The van der Waals surface area contributed by atoms with Crippen LogP contribution >= 0.6 is 43.2 Å². The average Bonchev–Trinajstić information content (AvgIpc) is 2.79. The average molecular weight is 461 g/mol. The minimum absolute atomic E-state index is 0.182. The van der Waals surface area contributed by atoms with Gasteiger partial charge in [-0.25, -0.2) is 8.42 Å². The van der Waals surface area contributed by atoms with E-state index in [1.165, 1.54) is 15.6 Å². The molecule has 9 heteroatoms. The summed E-state index contributed by atoms with van der Waals surface area (Å²) in [5, 5.41) is 0. The van der Waals surface area contributed by atoms with Gasteiger partial charge in [-0.05, 0) is 57.7 Å². The largest absolute Gasteiger partial charge is 0.466 e. The number of sulfonamides is 1. The molecule has 0 amide bonds. The lowest BCUT2D eigenvalue weighted by Gasteiger charge is -2.30. The fourth-order valence-corrected chi connectivity index (χ4v) is 7.54. The Morgan fingerprint density at radius 3 is 2.81 bits per heavy atom. The van der Waals surface area contributed by atoms with Crippen LogP contribution in [0.3, 0.4) is 0 Å². The predicted molar refractivity (Wildman–Crippen MR) is 87.8 cm³/mol. The van der Waals surface area contributed by atoms with Crippen LogP contribution < -0.4 is 0 Å². The van der Waals surface area contributed by atoms with E-state index < -0.39 is 10.0 Å². The van der Waals surface area contributed by atoms with Gasteiger partial charge in [0.2, 0.25) is 10.0 Å². The number of halogens is 2. The van der Waals surface area contributed by atoms with Crippen molar-refractivity contribution in [2.45, 2.75) is 24.7 Å². The molecule has 21 heavy (non-hydrogen) atoms. The molecule has 1 aliphatic rings. The third-order valence-electron chi connectivity index (χ3n) is 3.25. The molecule has 0 aromatic carbocycles. The number of carbonyl (C=O) groups is 1. The maximum absolute atomic E-state index is 12.7. The molecule has 118 valence electrons. The van der Waals surface area contributed by atoms with Crippen LogP contribution in [0.1, 0.15) is 19.8 Å². The lowest BCUT2D eigenvalue weighted by molar-refractivity contribution is -0.149. The molecule has 0 spiro atoms. The first-order chi connectivity index (χ1) is 9.86.